The highest BCUT2D eigenvalue weighted by Crippen LogP contribution is 2.32. The van der Waals surface area contributed by atoms with Crippen molar-refractivity contribution in [3.05, 3.63) is 59.4 Å². The number of carbonyl (C=O) groups is 1. The highest BCUT2D eigenvalue weighted by molar-refractivity contribution is 7.89. The first-order chi connectivity index (χ1) is 13.8. The minimum Gasteiger partial charge on any atom is -0.454 e. The first-order valence-corrected chi connectivity index (χ1v) is 10.9. The predicted molar refractivity (Wildman–Crippen MR) is 108 cm³/mol. The molecule has 0 saturated carbocycles. The summed E-state index contributed by atoms with van der Waals surface area (Å²) in [5, 5.41) is 5.21. The number of carbonyl (C=O) groups excluding carboxylic acids is 1. The number of primary sulfonamides is 1. The maximum atomic E-state index is 12.6. The van der Waals surface area contributed by atoms with Crippen molar-refractivity contribution < 1.29 is 22.7 Å². The molecular weight excluding hydrogens is 414 g/mol. The van der Waals surface area contributed by atoms with Crippen molar-refractivity contribution in [2.75, 3.05) is 6.79 Å². The van der Waals surface area contributed by atoms with Gasteiger partial charge in [-0.3, -0.25) is 4.79 Å². The number of fused-ring (bicyclic) bond motifs is 2. The first-order valence-electron chi connectivity index (χ1n) is 8.58. The van der Waals surface area contributed by atoms with Crippen LogP contribution in [0, 0.1) is 0 Å². The van der Waals surface area contributed by atoms with Gasteiger partial charge in [-0.1, -0.05) is 23.5 Å². The summed E-state index contributed by atoms with van der Waals surface area (Å²) in [6, 6.07) is 9.88. The summed E-state index contributed by atoms with van der Waals surface area (Å²) in [5.74, 6) is 0.923. The number of allylic oxidation sites excluding steroid dienone is 1. The van der Waals surface area contributed by atoms with Gasteiger partial charge in [-0.15, -0.1) is 6.58 Å². The number of nitrogens with zero attached hydrogens (tertiary/aromatic N) is 2. The second kappa shape index (κ2) is 7.47. The maximum Gasteiger partial charge on any atom is 0.252 e. The quantitative estimate of drug-likeness (QED) is 0.620. The van der Waals surface area contributed by atoms with Crippen molar-refractivity contribution in [2.45, 2.75) is 17.9 Å². The zero-order valence-electron chi connectivity index (χ0n) is 15.2. The summed E-state index contributed by atoms with van der Waals surface area (Å²) >= 11 is 1.22. The van der Waals surface area contributed by atoms with E-state index in [1.54, 1.807) is 34.9 Å². The van der Waals surface area contributed by atoms with Crippen LogP contribution in [0.25, 0.3) is 10.2 Å². The standard InChI is InChI=1S/C19H17N3O5S2/c1-2-7-22-14-5-4-13(29(20,24)25)10-17(14)28-19(22)21-18(23)9-12-3-6-15-16(8-12)27-11-26-15/h2-6,8,10H,1,7,9,11H2,(H2,20,24,25). The molecule has 1 aromatic heterocycles. The second-order valence-corrected chi connectivity index (χ2v) is 8.90. The van der Waals surface area contributed by atoms with Crippen molar-refractivity contribution in [3.8, 4) is 11.5 Å². The number of aromatic nitrogens is 1. The molecular formula is C19H17N3O5S2. The van der Waals surface area contributed by atoms with Gasteiger partial charge in [0, 0.05) is 6.54 Å². The Kier molecular flexibility index (Phi) is 4.99. The average Bonchev–Trinajstić information content (AvgIpc) is 3.25. The summed E-state index contributed by atoms with van der Waals surface area (Å²) < 4.78 is 36.3. The van der Waals surface area contributed by atoms with Gasteiger partial charge < -0.3 is 14.0 Å². The number of ether oxygens (including phenoxy) is 2. The van der Waals surface area contributed by atoms with E-state index in [0.29, 0.717) is 27.5 Å². The average molecular weight is 431 g/mol. The molecule has 3 aromatic rings. The Hall–Kier alpha value is -2.95. The lowest BCUT2D eigenvalue weighted by Gasteiger charge is -2.02. The topological polar surface area (TPSA) is 113 Å². The summed E-state index contributed by atoms with van der Waals surface area (Å²) in [7, 11) is -3.82. The predicted octanol–water partition coefficient (Wildman–Crippen LogP) is 1.93. The smallest absolute Gasteiger partial charge is 0.252 e. The third-order valence-corrected chi connectivity index (χ3v) is 6.26. The molecule has 1 aliphatic rings. The van der Waals surface area contributed by atoms with Gasteiger partial charge in [0.15, 0.2) is 16.3 Å². The number of nitrogens with two attached hydrogens (primary N) is 1. The third-order valence-electron chi connectivity index (χ3n) is 4.31. The van der Waals surface area contributed by atoms with Crippen LogP contribution >= 0.6 is 11.3 Å². The highest BCUT2D eigenvalue weighted by Gasteiger charge is 2.15. The van der Waals surface area contributed by atoms with Crippen LogP contribution in [0.3, 0.4) is 0 Å². The van der Waals surface area contributed by atoms with Gasteiger partial charge >= 0.3 is 0 Å². The lowest BCUT2D eigenvalue weighted by atomic mass is 10.1. The molecule has 0 atom stereocenters. The first kappa shape index (κ1) is 19.4. The second-order valence-electron chi connectivity index (χ2n) is 6.33. The molecule has 0 unspecified atom stereocenters. The van der Waals surface area contributed by atoms with Crippen LogP contribution in [0.1, 0.15) is 5.56 Å². The van der Waals surface area contributed by atoms with Gasteiger partial charge in [0.25, 0.3) is 5.91 Å². The number of thiazole rings is 1. The minimum absolute atomic E-state index is 0.00948. The largest absolute Gasteiger partial charge is 0.454 e. The van der Waals surface area contributed by atoms with Gasteiger partial charge in [0.2, 0.25) is 16.8 Å². The summed E-state index contributed by atoms with van der Waals surface area (Å²) in [6.07, 6.45) is 1.78. The molecule has 0 radical (unpaired) electrons. The Labute approximate surface area is 170 Å². The van der Waals surface area contributed by atoms with Crippen LogP contribution in [-0.2, 0) is 27.8 Å². The van der Waals surface area contributed by atoms with E-state index in [1.165, 1.54) is 23.5 Å². The van der Waals surface area contributed by atoms with E-state index < -0.39 is 10.0 Å². The van der Waals surface area contributed by atoms with Crippen molar-refractivity contribution in [1.29, 1.82) is 0 Å². The molecule has 1 aliphatic heterocycles. The Morgan fingerprint density at radius 2 is 2.03 bits per heavy atom. The molecule has 10 heteroatoms. The number of benzene rings is 2. The van der Waals surface area contributed by atoms with E-state index in [4.69, 9.17) is 14.6 Å². The van der Waals surface area contributed by atoms with Crippen LogP contribution in [-0.4, -0.2) is 25.7 Å². The van der Waals surface area contributed by atoms with Gasteiger partial charge in [0.05, 0.1) is 21.5 Å². The number of rotatable bonds is 5. The zero-order valence-corrected chi connectivity index (χ0v) is 16.8. The highest BCUT2D eigenvalue weighted by atomic mass is 32.2. The van der Waals surface area contributed by atoms with Crippen LogP contribution in [0.15, 0.2) is 58.9 Å². The van der Waals surface area contributed by atoms with Gasteiger partial charge in [-0.25, -0.2) is 13.6 Å². The molecule has 4 rings (SSSR count). The number of hydrogen-bond acceptors (Lipinski definition) is 6. The SMILES string of the molecule is C=CCn1c(=NC(=O)Cc2ccc3c(c2)OCO3)sc2cc(S(N)(=O)=O)ccc21. The van der Waals surface area contributed by atoms with Gasteiger partial charge in [-0.2, -0.15) is 4.99 Å². The van der Waals surface area contributed by atoms with E-state index in [1.807, 2.05) is 0 Å². The van der Waals surface area contributed by atoms with E-state index in [9.17, 15) is 13.2 Å². The molecule has 8 nitrogen and oxygen atoms in total. The van der Waals surface area contributed by atoms with Crippen molar-refractivity contribution >= 4 is 37.5 Å². The molecule has 150 valence electrons. The molecule has 2 heterocycles. The summed E-state index contributed by atoms with van der Waals surface area (Å²) in [6.45, 7) is 4.33. The number of hydrogen-bond donors (Lipinski definition) is 1. The van der Waals surface area contributed by atoms with E-state index in [2.05, 4.69) is 11.6 Å². The molecule has 0 fully saturated rings. The molecule has 2 aromatic carbocycles. The molecule has 2 N–H and O–H groups in total. The van der Waals surface area contributed by atoms with Crippen LogP contribution in [0.2, 0.25) is 0 Å². The van der Waals surface area contributed by atoms with Gasteiger partial charge in [-0.05, 0) is 35.9 Å². The van der Waals surface area contributed by atoms with E-state index in [-0.39, 0.29) is 24.0 Å². The molecule has 0 aliphatic carbocycles. The Bertz CT molecular complexity index is 1310. The Balaban J connectivity index is 1.71. The van der Waals surface area contributed by atoms with Gasteiger partial charge in [0.1, 0.15) is 0 Å². The van der Waals surface area contributed by atoms with Crippen LogP contribution in [0.4, 0.5) is 0 Å². The summed E-state index contributed by atoms with van der Waals surface area (Å²) in [5.41, 5.74) is 1.51. The molecule has 0 saturated heterocycles. The fourth-order valence-corrected chi connectivity index (χ4v) is 4.70. The molecule has 29 heavy (non-hydrogen) atoms. The lowest BCUT2D eigenvalue weighted by molar-refractivity contribution is -0.117. The fraction of sp³-hybridized carbons (Fsp3) is 0.158. The van der Waals surface area contributed by atoms with Crippen LogP contribution in [0.5, 0.6) is 11.5 Å². The lowest BCUT2D eigenvalue weighted by Crippen LogP contribution is -2.17. The van der Waals surface area contributed by atoms with E-state index >= 15 is 0 Å². The van der Waals surface area contributed by atoms with Crippen molar-refractivity contribution in [3.63, 3.8) is 0 Å². The van der Waals surface area contributed by atoms with Crippen molar-refractivity contribution in [1.82, 2.24) is 4.57 Å². The maximum absolute atomic E-state index is 12.6. The molecule has 1 amide bonds. The third kappa shape index (κ3) is 3.95. The Morgan fingerprint density at radius 1 is 1.24 bits per heavy atom. The Morgan fingerprint density at radius 3 is 2.79 bits per heavy atom. The minimum atomic E-state index is -3.82. The monoisotopic (exact) mass is 431 g/mol. The van der Waals surface area contributed by atoms with E-state index in [0.717, 1.165) is 11.1 Å². The zero-order chi connectivity index (χ0) is 20.6. The summed E-state index contributed by atoms with van der Waals surface area (Å²) in [4.78, 5) is 17.3. The fourth-order valence-electron chi connectivity index (χ4n) is 2.99. The number of sulfonamides is 1. The normalized spacial score (nSPS) is 13.8. The van der Waals surface area contributed by atoms with Crippen LogP contribution < -0.4 is 19.4 Å². The number of amides is 1. The molecule has 0 spiro atoms. The van der Waals surface area contributed by atoms with Crippen molar-refractivity contribution in [2.24, 2.45) is 10.1 Å². The molecule has 0 bridgehead atoms.